The second kappa shape index (κ2) is 8.75. The van der Waals surface area contributed by atoms with Crippen molar-refractivity contribution in [2.45, 2.75) is 50.1 Å². The number of amides is 1. The van der Waals surface area contributed by atoms with E-state index in [1.807, 2.05) is 31.2 Å². The van der Waals surface area contributed by atoms with E-state index in [9.17, 15) is 13.2 Å². The Kier molecular flexibility index (Phi) is 6.36. The monoisotopic (exact) mass is 402 g/mol. The fourth-order valence-corrected chi connectivity index (χ4v) is 4.94. The van der Waals surface area contributed by atoms with Gasteiger partial charge in [-0.15, -0.1) is 0 Å². The van der Waals surface area contributed by atoms with Crippen molar-refractivity contribution >= 4 is 15.9 Å². The molecule has 1 aliphatic carbocycles. The van der Waals surface area contributed by atoms with Crippen LogP contribution in [0.4, 0.5) is 0 Å². The van der Waals surface area contributed by atoms with E-state index in [0.29, 0.717) is 6.54 Å². The van der Waals surface area contributed by atoms with Gasteiger partial charge < -0.3 is 10.1 Å². The summed E-state index contributed by atoms with van der Waals surface area (Å²) in [6.45, 7) is 2.36. The fourth-order valence-electron chi connectivity index (χ4n) is 3.44. The summed E-state index contributed by atoms with van der Waals surface area (Å²) < 4.78 is 33.7. The van der Waals surface area contributed by atoms with E-state index in [4.69, 9.17) is 4.74 Å². The highest BCUT2D eigenvalue weighted by Gasteiger charge is 2.26. The molecule has 0 unspecified atom stereocenters. The number of methoxy groups -OCH3 is 1. The van der Waals surface area contributed by atoms with Crippen molar-refractivity contribution in [2.75, 3.05) is 7.11 Å². The van der Waals surface area contributed by atoms with Gasteiger partial charge in [0.1, 0.15) is 10.6 Å². The summed E-state index contributed by atoms with van der Waals surface area (Å²) in [7, 11) is -2.35. The molecule has 0 aliphatic heterocycles. The number of carbonyl (C=O) groups excluding carboxylic acids is 1. The average Bonchev–Trinajstić information content (AvgIpc) is 3.19. The zero-order chi connectivity index (χ0) is 20.1. The summed E-state index contributed by atoms with van der Waals surface area (Å²) in [6.07, 6.45) is 3.70. The maximum absolute atomic E-state index is 12.8. The SMILES string of the molecule is COc1ccc(C(=O)NCc2ccccc2C)cc1S(=O)(=O)NC1CCCC1. The van der Waals surface area contributed by atoms with Gasteiger partial charge in [0.2, 0.25) is 10.0 Å². The molecular formula is C21H26N2O4S. The molecule has 6 nitrogen and oxygen atoms in total. The fraction of sp³-hybridized carbons (Fsp3) is 0.381. The van der Waals surface area contributed by atoms with Crippen LogP contribution in [0.3, 0.4) is 0 Å². The summed E-state index contributed by atoms with van der Waals surface area (Å²) in [4.78, 5) is 12.6. The van der Waals surface area contributed by atoms with Crippen LogP contribution >= 0.6 is 0 Å². The Morgan fingerprint density at radius 2 is 1.86 bits per heavy atom. The zero-order valence-corrected chi connectivity index (χ0v) is 17.0. The highest BCUT2D eigenvalue weighted by atomic mass is 32.2. The average molecular weight is 403 g/mol. The first-order valence-corrected chi connectivity index (χ1v) is 10.9. The summed E-state index contributed by atoms with van der Waals surface area (Å²) in [5, 5.41) is 2.85. The first kappa shape index (κ1) is 20.4. The van der Waals surface area contributed by atoms with E-state index in [1.54, 1.807) is 6.07 Å². The van der Waals surface area contributed by atoms with Gasteiger partial charge in [-0.3, -0.25) is 4.79 Å². The second-order valence-corrected chi connectivity index (χ2v) is 8.76. The molecule has 28 heavy (non-hydrogen) atoms. The zero-order valence-electron chi connectivity index (χ0n) is 16.2. The molecule has 1 saturated carbocycles. The topological polar surface area (TPSA) is 84.5 Å². The number of rotatable bonds is 7. The summed E-state index contributed by atoms with van der Waals surface area (Å²) in [6, 6.07) is 12.2. The summed E-state index contributed by atoms with van der Waals surface area (Å²) >= 11 is 0. The van der Waals surface area contributed by atoms with Crippen molar-refractivity contribution in [3.8, 4) is 5.75 Å². The lowest BCUT2D eigenvalue weighted by Crippen LogP contribution is -2.33. The molecule has 150 valence electrons. The van der Waals surface area contributed by atoms with Crippen molar-refractivity contribution in [3.05, 3.63) is 59.2 Å². The van der Waals surface area contributed by atoms with E-state index in [0.717, 1.165) is 36.8 Å². The van der Waals surface area contributed by atoms with Crippen LogP contribution in [0.25, 0.3) is 0 Å². The van der Waals surface area contributed by atoms with Crippen molar-refractivity contribution < 1.29 is 17.9 Å². The number of sulfonamides is 1. The number of nitrogens with one attached hydrogen (secondary N) is 2. The number of aryl methyl sites for hydroxylation is 1. The van der Waals surface area contributed by atoms with E-state index in [2.05, 4.69) is 10.0 Å². The molecule has 3 rings (SSSR count). The molecule has 2 aromatic carbocycles. The smallest absolute Gasteiger partial charge is 0.251 e. The van der Waals surface area contributed by atoms with Gasteiger partial charge >= 0.3 is 0 Å². The van der Waals surface area contributed by atoms with Gasteiger partial charge in [-0.25, -0.2) is 13.1 Å². The first-order valence-electron chi connectivity index (χ1n) is 9.44. The first-order chi connectivity index (χ1) is 13.4. The highest BCUT2D eigenvalue weighted by Crippen LogP contribution is 2.27. The summed E-state index contributed by atoms with van der Waals surface area (Å²) in [5.41, 5.74) is 2.38. The molecule has 2 N–H and O–H groups in total. The molecule has 0 aromatic heterocycles. The van der Waals surface area contributed by atoms with Crippen molar-refractivity contribution in [1.82, 2.24) is 10.0 Å². The van der Waals surface area contributed by atoms with Gasteiger partial charge in [0.15, 0.2) is 0 Å². The number of ether oxygens (including phenoxy) is 1. The van der Waals surface area contributed by atoms with Crippen molar-refractivity contribution in [1.29, 1.82) is 0 Å². The van der Waals surface area contributed by atoms with Crippen LogP contribution in [-0.2, 0) is 16.6 Å². The van der Waals surface area contributed by atoms with Gasteiger partial charge in [-0.2, -0.15) is 0 Å². The third-order valence-corrected chi connectivity index (χ3v) is 6.63. The minimum Gasteiger partial charge on any atom is -0.495 e. The number of hydrogen-bond acceptors (Lipinski definition) is 4. The maximum atomic E-state index is 12.8. The minimum absolute atomic E-state index is 0.00885. The second-order valence-electron chi connectivity index (χ2n) is 7.08. The minimum atomic E-state index is -3.77. The lowest BCUT2D eigenvalue weighted by atomic mass is 10.1. The quantitative estimate of drug-likeness (QED) is 0.745. The third-order valence-electron chi connectivity index (χ3n) is 5.09. The van der Waals surface area contributed by atoms with Crippen LogP contribution in [0.15, 0.2) is 47.4 Å². The largest absolute Gasteiger partial charge is 0.495 e. The molecule has 0 saturated heterocycles. The molecule has 0 atom stereocenters. The maximum Gasteiger partial charge on any atom is 0.251 e. The lowest BCUT2D eigenvalue weighted by molar-refractivity contribution is 0.0950. The normalized spacial score (nSPS) is 14.8. The third kappa shape index (κ3) is 4.72. The van der Waals surface area contributed by atoms with Gasteiger partial charge in [0.05, 0.1) is 7.11 Å². The predicted molar refractivity (Wildman–Crippen MR) is 108 cm³/mol. The van der Waals surface area contributed by atoms with Gasteiger partial charge in [-0.1, -0.05) is 37.1 Å². The van der Waals surface area contributed by atoms with Gasteiger partial charge in [-0.05, 0) is 49.1 Å². The summed E-state index contributed by atoms with van der Waals surface area (Å²) in [5.74, 6) is -0.107. The Labute approximate surface area is 166 Å². The van der Waals surface area contributed by atoms with Gasteiger partial charge in [0.25, 0.3) is 5.91 Å². The van der Waals surface area contributed by atoms with Crippen LogP contribution in [0.5, 0.6) is 5.75 Å². The molecule has 1 amide bonds. The van der Waals surface area contributed by atoms with Gasteiger partial charge in [0, 0.05) is 18.2 Å². The van der Waals surface area contributed by atoms with Crippen molar-refractivity contribution in [2.24, 2.45) is 0 Å². The number of benzene rings is 2. The Balaban J connectivity index is 1.79. The standard InChI is InChI=1S/C21H26N2O4S/c1-15-7-3-4-8-17(15)14-22-21(24)16-11-12-19(27-2)20(13-16)28(25,26)23-18-9-5-6-10-18/h3-4,7-8,11-13,18,23H,5-6,9-10,14H2,1-2H3,(H,22,24). The number of carbonyl (C=O) groups is 1. The Bertz CT molecular complexity index is 951. The molecule has 1 fully saturated rings. The number of hydrogen-bond donors (Lipinski definition) is 2. The molecule has 0 spiro atoms. The molecule has 0 bridgehead atoms. The Morgan fingerprint density at radius 3 is 2.54 bits per heavy atom. The predicted octanol–water partition coefficient (Wildman–Crippen LogP) is 3.15. The highest BCUT2D eigenvalue weighted by molar-refractivity contribution is 7.89. The van der Waals surface area contributed by atoms with Crippen LogP contribution in [0, 0.1) is 6.92 Å². The van der Waals surface area contributed by atoms with Crippen LogP contribution in [-0.4, -0.2) is 27.5 Å². The molecule has 1 aliphatic rings. The molecule has 0 heterocycles. The lowest BCUT2D eigenvalue weighted by Gasteiger charge is -2.16. The van der Waals surface area contributed by atoms with Crippen molar-refractivity contribution in [3.63, 3.8) is 0 Å². The Hall–Kier alpha value is -2.38. The van der Waals surface area contributed by atoms with Crippen LogP contribution in [0.1, 0.15) is 47.2 Å². The van der Waals surface area contributed by atoms with E-state index in [-0.39, 0.29) is 28.2 Å². The van der Waals surface area contributed by atoms with E-state index in [1.165, 1.54) is 19.2 Å². The molecular weight excluding hydrogens is 376 g/mol. The van der Waals surface area contributed by atoms with Crippen LogP contribution in [0.2, 0.25) is 0 Å². The molecule has 7 heteroatoms. The van der Waals surface area contributed by atoms with E-state index < -0.39 is 10.0 Å². The van der Waals surface area contributed by atoms with Crippen LogP contribution < -0.4 is 14.8 Å². The Morgan fingerprint density at radius 1 is 1.14 bits per heavy atom. The molecule has 0 radical (unpaired) electrons. The van der Waals surface area contributed by atoms with E-state index >= 15 is 0 Å². The molecule has 2 aromatic rings.